The van der Waals surface area contributed by atoms with E-state index in [0.29, 0.717) is 34.5 Å². The highest BCUT2D eigenvalue weighted by Crippen LogP contribution is 2.76. The van der Waals surface area contributed by atoms with Gasteiger partial charge in [0.05, 0.1) is 0 Å². The van der Waals surface area contributed by atoms with Crippen molar-refractivity contribution >= 4 is 69.6 Å². The summed E-state index contributed by atoms with van der Waals surface area (Å²) >= 11 is 0. The molecule has 5 aromatic carbocycles. The van der Waals surface area contributed by atoms with E-state index < -0.39 is 0 Å². The van der Waals surface area contributed by atoms with Crippen molar-refractivity contribution in [2.45, 2.75) is 88.9 Å². The average molecular weight is 866 g/mol. The molecule has 0 N–H and O–H groups in total. The first-order valence-electron chi connectivity index (χ1n) is 26.0. The highest BCUT2D eigenvalue weighted by atomic mass is 16.1. The topological polar surface area (TPSA) is 37.3 Å². The van der Waals surface area contributed by atoms with Gasteiger partial charge in [-0.2, -0.15) is 0 Å². The molecule has 0 amide bonds. The number of hydrogen-bond acceptors (Lipinski definition) is 3. The third-order valence-electron chi connectivity index (χ3n) is 21.9. The van der Waals surface area contributed by atoms with Crippen LogP contribution in [-0.2, 0) is 6.42 Å². The second kappa shape index (κ2) is 11.1. The fourth-order valence-electron chi connectivity index (χ4n) is 19.7. The van der Waals surface area contributed by atoms with Gasteiger partial charge < -0.3 is 9.62 Å². The molecule has 0 radical (unpaired) electrons. The van der Waals surface area contributed by atoms with Crippen molar-refractivity contribution in [1.82, 2.24) is 13.4 Å². The van der Waals surface area contributed by atoms with Crippen LogP contribution in [0.15, 0.2) is 120 Å². The van der Waals surface area contributed by atoms with Gasteiger partial charge >= 0.3 is 19.4 Å². The van der Waals surface area contributed by atoms with Crippen molar-refractivity contribution in [1.29, 1.82) is 0 Å². The molecule has 5 fully saturated rings. The Kier molecular flexibility index (Phi) is 5.79. The van der Waals surface area contributed by atoms with Crippen molar-refractivity contribution < 1.29 is 0 Å². The summed E-state index contributed by atoms with van der Waals surface area (Å²) in [5.74, 6) is 4.38. The number of benzene rings is 5. The van der Waals surface area contributed by atoms with Gasteiger partial charge in [0.15, 0.2) is 0 Å². The van der Waals surface area contributed by atoms with Crippen LogP contribution >= 0.6 is 0 Å². The lowest BCUT2D eigenvalue weighted by Gasteiger charge is -2.53. The first kappa shape index (κ1) is 35.1. The second-order valence-corrected chi connectivity index (χ2v) is 23.5. The largest absolute Gasteiger partial charge is 0.376 e. The van der Waals surface area contributed by atoms with Gasteiger partial charge in [-0.25, -0.2) is 4.79 Å². The van der Waals surface area contributed by atoms with Crippen LogP contribution in [0.5, 0.6) is 0 Å². The normalized spacial score (nSPS) is 31.1. The predicted molar refractivity (Wildman–Crippen MR) is 270 cm³/mol. The zero-order chi connectivity index (χ0) is 43.1. The molecule has 5 saturated carbocycles. The molecule has 9 unspecified atom stereocenters. The van der Waals surface area contributed by atoms with Gasteiger partial charge in [0.2, 0.25) is 0 Å². The molecule has 4 aliphatic heterocycles. The fraction of sp³-hybridized carbons (Fsp3) is 0.339. The smallest absolute Gasteiger partial charge is 0.340 e. The van der Waals surface area contributed by atoms with Crippen LogP contribution in [0.4, 0.5) is 22.7 Å². The van der Waals surface area contributed by atoms with Crippen molar-refractivity contribution in [3.63, 3.8) is 0 Å². The number of hydrogen-bond donors (Lipinski definition) is 0. The maximum Gasteiger partial charge on any atom is 0.340 e. The molecule has 3 aromatic heterocycles. The molecule has 8 heteroatoms. The van der Waals surface area contributed by atoms with Crippen LogP contribution < -0.4 is 37.2 Å². The van der Waals surface area contributed by atoms with Crippen LogP contribution in [-0.4, -0.2) is 27.1 Å². The summed E-state index contributed by atoms with van der Waals surface area (Å²) in [5, 5.41) is 0. The Morgan fingerprint density at radius 2 is 1.10 bits per heavy atom. The first-order valence-corrected chi connectivity index (χ1v) is 26.0. The molecule has 11 aliphatic rings. The summed E-state index contributed by atoms with van der Waals surface area (Å²) in [7, 11) is 0. The van der Waals surface area contributed by atoms with Crippen LogP contribution in [0.2, 0.25) is 0 Å². The Bertz CT molecular complexity index is 3760. The Morgan fingerprint density at radius 3 is 1.79 bits per heavy atom. The summed E-state index contributed by atoms with van der Waals surface area (Å²) in [6.07, 6.45) is 12.6. The lowest BCUT2D eigenvalue weighted by atomic mass is 9.38. The molecule has 6 nitrogen and oxygen atoms in total. The molecule has 7 aliphatic carbocycles. The van der Waals surface area contributed by atoms with Crippen molar-refractivity contribution in [2.75, 3.05) is 9.62 Å². The number of rotatable bonds is 3. The number of para-hydroxylation sites is 4. The van der Waals surface area contributed by atoms with E-state index in [-0.39, 0.29) is 19.4 Å². The minimum atomic E-state index is -0.0898. The van der Waals surface area contributed by atoms with Gasteiger partial charge in [-0.3, -0.25) is 13.4 Å². The molecule has 67 heavy (non-hydrogen) atoms. The number of fused-ring (bicyclic) bond motifs is 18. The standard InChI is InChI=1S/C59H49B2N5O/c1-2-58-29-32-22-34(58)24-37(58)26-44-50-55-62-54-48-42(40-17-9-11-19-45(40)65(60(48)50)38-13-5-3-6-14-38)27-43-41-18-10-12-20-46(41)66(39-15-7-4-8-16-39)61(49(43)54)51-47-31-21-35-25-36-23-33(30-59(35,36)28-31)53(47)64(56(51)62)57(67)63(55)52(32)44/h3-20,27,31-37H,2,21-26,28-30H2,1H3. The lowest BCUT2D eigenvalue weighted by Crippen LogP contribution is -2.68. The molecule has 8 aromatic rings. The predicted octanol–water partition coefficient (Wildman–Crippen LogP) is 9.68. The van der Waals surface area contributed by atoms with E-state index >= 15 is 4.79 Å². The summed E-state index contributed by atoms with van der Waals surface area (Å²) in [6.45, 7) is 2.31. The zero-order valence-corrected chi connectivity index (χ0v) is 37.9. The number of nitrogens with zero attached hydrogens (tertiary/aromatic N) is 5. The number of aromatic nitrogens is 3. The van der Waals surface area contributed by atoms with E-state index in [2.05, 4.69) is 145 Å². The third kappa shape index (κ3) is 3.54. The number of anilines is 4. The van der Waals surface area contributed by atoms with Gasteiger partial charge in [0, 0.05) is 62.8 Å². The van der Waals surface area contributed by atoms with Crippen molar-refractivity contribution in [2.24, 2.45) is 34.5 Å². The lowest BCUT2D eigenvalue weighted by molar-refractivity contribution is -0.0296. The second-order valence-electron chi connectivity index (χ2n) is 23.5. The fourth-order valence-corrected chi connectivity index (χ4v) is 19.7. The monoisotopic (exact) mass is 865 g/mol. The van der Waals surface area contributed by atoms with Crippen LogP contribution in [0.1, 0.15) is 105 Å². The summed E-state index contributed by atoms with van der Waals surface area (Å²) in [5.41, 5.74) is 26.7. The van der Waals surface area contributed by atoms with E-state index in [9.17, 15) is 0 Å². The van der Waals surface area contributed by atoms with Gasteiger partial charge in [-0.15, -0.1) is 0 Å². The van der Waals surface area contributed by atoms with Gasteiger partial charge in [0.1, 0.15) is 11.3 Å². The first-order chi connectivity index (χ1) is 33.1. The quantitative estimate of drug-likeness (QED) is 0.166. The van der Waals surface area contributed by atoms with E-state index in [1.165, 1.54) is 159 Å². The van der Waals surface area contributed by atoms with E-state index in [4.69, 9.17) is 0 Å². The van der Waals surface area contributed by atoms with Gasteiger partial charge in [-0.1, -0.05) is 79.7 Å². The van der Waals surface area contributed by atoms with Crippen molar-refractivity contribution in [3.05, 3.63) is 148 Å². The summed E-state index contributed by atoms with van der Waals surface area (Å²) in [6, 6.07) is 43.8. The molecule has 0 saturated heterocycles. The maximum atomic E-state index is 16.9. The van der Waals surface area contributed by atoms with Crippen LogP contribution in [0.3, 0.4) is 0 Å². The third-order valence-corrected chi connectivity index (χ3v) is 21.9. The van der Waals surface area contributed by atoms with E-state index in [0.717, 1.165) is 24.2 Å². The Labute approximate surface area is 390 Å². The van der Waals surface area contributed by atoms with Gasteiger partial charge in [-0.05, 0) is 191 Å². The average Bonchev–Trinajstić information content (AvgIpc) is 4.09. The Morgan fingerprint density at radius 1 is 0.552 bits per heavy atom. The molecule has 19 rings (SSSR count). The molecular weight excluding hydrogens is 816 g/mol. The Hall–Kier alpha value is -6.14. The molecule has 9 atom stereocenters. The minimum absolute atomic E-state index is 0.0825. The van der Waals surface area contributed by atoms with Crippen LogP contribution in [0.25, 0.3) is 39.2 Å². The van der Waals surface area contributed by atoms with E-state index in [1.54, 1.807) is 5.56 Å². The zero-order valence-electron chi connectivity index (χ0n) is 37.9. The summed E-state index contributed by atoms with van der Waals surface area (Å²) in [4.78, 5) is 22.4. The minimum Gasteiger partial charge on any atom is -0.376 e. The van der Waals surface area contributed by atoms with Gasteiger partial charge in [0.25, 0.3) is 0 Å². The molecule has 5 bridgehead atoms. The SMILES string of the molecule is CCC12CC3CC1CC2Cc1c2c4n5c6c(c7c(n6c(=O)n4c13)C1CC3CC4CC7CC43C1)B1c3c(cc4c(c3-5)B2N(c2ccccc2)c2ccccc2-4)-c2ccccc2N1c1ccccc1. The molecule has 1 spiro atoms. The summed E-state index contributed by atoms with van der Waals surface area (Å²) < 4.78 is 7.65. The Balaban J connectivity index is 1.06. The highest BCUT2D eigenvalue weighted by molar-refractivity contribution is 6.98. The molecule has 7 heterocycles. The van der Waals surface area contributed by atoms with E-state index in [1.807, 2.05) is 0 Å². The molecular formula is C59H49B2N5O. The van der Waals surface area contributed by atoms with Crippen molar-refractivity contribution in [3.8, 4) is 27.9 Å². The highest BCUT2D eigenvalue weighted by Gasteiger charge is 2.68. The molecule has 322 valence electrons. The maximum absolute atomic E-state index is 16.9. The van der Waals surface area contributed by atoms with Crippen LogP contribution in [0, 0.1) is 34.5 Å².